The first-order valence-corrected chi connectivity index (χ1v) is 11.7. The number of nitrogens with one attached hydrogen (secondary N) is 1. The van der Waals surface area contributed by atoms with E-state index in [9.17, 15) is 13.2 Å². The fourth-order valence-electron chi connectivity index (χ4n) is 3.04. The number of amides is 1. The monoisotopic (exact) mass is 471 g/mol. The van der Waals surface area contributed by atoms with Crippen LogP contribution < -0.4 is 5.32 Å². The molecule has 3 aromatic carbocycles. The lowest BCUT2D eigenvalue weighted by Gasteiger charge is -2.20. The number of benzene rings is 3. The minimum Gasteiger partial charge on any atom is -0.345 e. The molecule has 4 nitrogen and oxygen atoms in total. The van der Waals surface area contributed by atoms with E-state index in [2.05, 4.69) is 21.2 Å². The number of carbonyl (C=O) groups excluding carboxylic acids is 1. The molecule has 1 unspecified atom stereocenters. The van der Waals surface area contributed by atoms with Crippen LogP contribution in [0, 0.1) is 0 Å². The van der Waals surface area contributed by atoms with Gasteiger partial charge in [0, 0.05) is 4.47 Å². The lowest BCUT2D eigenvalue weighted by Crippen LogP contribution is -2.30. The molecular formula is C23H22BrNO3S. The summed E-state index contributed by atoms with van der Waals surface area (Å²) in [4.78, 5) is 13.0. The van der Waals surface area contributed by atoms with Crippen molar-refractivity contribution >= 4 is 31.7 Å². The fourth-order valence-corrected chi connectivity index (χ4v) is 4.19. The second kappa shape index (κ2) is 9.37. The summed E-state index contributed by atoms with van der Waals surface area (Å²) in [5.41, 5.74) is 2.74. The van der Waals surface area contributed by atoms with Crippen LogP contribution >= 0.6 is 15.9 Å². The molecule has 3 rings (SSSR count). The quantitative estimate of drug-likeness (QED) is 0.543. The predicted molar refractivity (Wildman–Crippen MR) is 118 cm³/mol. The van der Waals surface area contributed by atoms with Crippen LogP contribution in [0.1, 0.15) is 29.7 Å². The van der Waals surface area contributed by atoms with Crippen LogP contribution in [0.4, 0.5) is 0 Å². The molecular weight excluding hydrogens is 450 g/mol. The Morgan fingerprint density at radius 2 is 1.48 bits per heavy atom. The van der Waals surface area contributed by atoms with Gasteiger partial charge in [-0.05, 0) is 41.0 Å². The van der Waals surface area contributed by atoms with Crippen molar-refractivity contribution in [2.45, 2.75) is 24.3 Å². The summed E-state index contributed by atoms with van der Waals surface area (Å²) in [5.74, 6) is -0.0773. The van der Waals surface area contributed by atoms with E-state index in [1.807, 2.05) is 54.6 Å². The van der Waals surface area contributed by atoms with Crippen molar-refractivity contribution in [3.63, 3.8) is 0 Å². The molecule has 0 heterocycles. The Morgan fingerprint density at radius 1 is 0.897 bits per heavy atom. The third-order valence-electron chi connectivity index (χ3n) is 4.67. The molecule has 1 N–H and O–H groups in total. The van der Waals surface area contributed by atoms with Crippen molar-refractivity contribution < 1.29 is 13.2 Å². The van der Waals surface area contributed by atoms with Crippen LogP contribution in [0.25, 0.3) is 0 Å². The highest BCUT2D eigenvalue weighted by molar-refractivity contribution is 9.10. The Hall–Kier alpha value is -2.44. The van der Waals surface area contributed by atoms with Gasteiger partial charge in [0.15, 0.2) is 9.84 Å². The predicted octanol–water partition coefficient (Wildman–Crippen LogP) is 4.69. The summed E-state index contributed by atoms with van der Waals surface area (Å²) < 4.78 is 24.8. The van der Waals surface area contributed by atoms with E-state index in [1.165, 1.54) is 0 Å². The summed E-state index contributed by atoms with van der Waals surface area (Å²) in [6, 6.07) is 23.9. The zero-order valence-electron chi connectivity index (χ0n) is 16.0. The molecule has 0 saturated carbocycles. The second-order valence-electron chi connectivity index (χ2n) is 6.69. The molecule has 0 fully saturated rings. The van der Waals surface area contributed by atoms with Gasteiger partial charge in [-0.1, -0.05) is 77.5 Å². The molecule has 0 aliphatic heterocycles. The topological polar surface area (TPSA) is 63.2 Å². The molecule has 150 valence electrons. The minimum absolute atomic E-state index is 0.0543. The van der Waals surface area contributed by atoms with Crippen LogP contribution in [-0.4, -0.2) is 20.1 Å². The Morgan fingerprint density at radius 3 is 2.07 bits per heavy atom. The SMILES string of the molecule is CCS(=O)(=O)c1ccc(CC(=O)NC(c2ccccc2)c2ccc(Br)cc2)cc1. The van der Waals surface area contributed by atoms with Gasteiger partial charge in [0.2, 0.25) is 5.91 Å². The van der Waals surface area contributed by atoms with Crippen molar-refractivity contribution in [3.05, 3.63) is 100 Å². The third-order valence-corrected chi connectivity index (χ3v) is 6.95. The van der Waals surface area contributed by atoms with Gasteiger partial charge in [0.25, 0.3) is 0 Å². The highest BCUT2D eigenvalue weighted by atomic mass is 79.9. The van der Waals surface area contributed by atoms with Gasteiger partial charge < -0.3 is 5.32 Å². The van der Waals surface area contributed by atoms with Gasteiger partial charge >= 0.3 is 0 Å². The number of hydrogen-bond acceptors (Lipinski definition) is 3. The van der Waals surface area contributed by atoms with Crippen LogP contribution in [0.3, 0.4) is 0 Å². The van der Waals surface area contributed by atoms with E-state index in [4.69, 9.17) is 0 Å². The molecule has 0 spiro atoms. The molecule has 0 radical (unpaired) electrons. The summed E-state index contributed by atoms with van der Waals surface area (Å²) in [5, 5.41) is 3.10. The molecule has 1 amide bonds. The number of hydrogen-bond donors (Lipinski definition) is 1. The largest absolute Gasteiger partial charge is 0.345 e. The van der Waals surface area contributed by atoms with Crippen LogP contribution in [0.5, 0.6) is 0 Å². The number of halogens is 1. The van der Waals surface area contributed by atoms with Crippen molar-refractivity contribution in [2.75, 3.05) is 5.75 Å². The van der Waals surface area contributed by atoms with Crippen molar-refractivity contribution in [1.82, 2.24) is 5.32 Å². The number of carbonyl (C=O) groups is 1. The van der Waals surface area contributed by atoms with Gasteiger partial charge in [0.05, 0.1) is 23.1 Å². The van der Waals surface area contributed by atoms with Crippen molar-refractivity contribution in [3.8, 4) is 0 Å². The normalized spacial score (nSPS) is 12.3. The maximum absolute atomic E-state index is 12.7. The molecule has 29 heavy (non-hydrogen) atoms. The Bertz CT molecular complexity index is 1060. The van der Waals surface area contributed by atoms with Gasteiger partial charge in [-0.2, -0.15) is 0 Å². The fraction of sp³-hybridized carbons (Fsp3) is 0.174. The van der Waals surface area contributed by atoms with E-state index in [0.29, 0.717) is 0 Å². The highest BCUT2D eigenvalue weighted by Crippen LogP contribution is 2.24. The third kappa shape index (κ3) is 5.55. The molecule has 0 bridgehead atoms. The van der Waals surface area contributed by atoms with E-state index in [0.717, 1.165) is 21.2 Å². The van der Waals surface area contributed by atoms with E-state index < -0.39 is 9.84 Å². The summed E-state index contributed by atoms with van der Waals surface area (Å²) >= 11 is 3.44. The van der Waals surface area contributed by atoms with Gasteiger partial charge in [-0.25, -0.2) is 8.42 Å². The van der Waals surface area contributed by atoms with Crippen LogP contribution in [-0.2, 0) is 21.1 Å². The van der Waals surface area contributed by atoms with E-state index >= 15 is 0 Å². The summed E-state index contributed by atoms with van der Waals surface area (Å²) in [6.45, 7) is 1.61. The Balaban J connectivity index is 1.77. The highest BCUT2D eigenvalue weighted by Gasteiger charge is 2.17. The van der Waals surface area contributed by atoms with Gasteiger partial charge in [-0.3, -0.25) is 4.79 Å². The standard InChI is InChI=1S/C23H22BrNO3S/c1-2-29(27,28)21-14-8-17(9-15-21)16-22(26)25-23(18-6-4-3-5-7-18)19-10-12-20(24)13-11-19/h3-15,23H,2,16H2,1H3,(H,25,26). The molecule has 0 saturated heterocycles. The molecule has 1 atom stereocenters. The maximum atomic E-state index is 12.7. The van der Waals surface area contributed by atoms with Gasteiger partial charge in [-0.15, -0.1) is 0 Å². The Labute approximate surface area is 180 Å². The zero-order chi connectivity index (χ0) is 20.9. The van der Waals surface area contributed by atoms with Crippen LogP contribution in [0.15, 0.2) is 88.2 Å². The first kappa shape index (κ1) is 21.3. The first-order valence-electron chi connectivity index (χ1n) is 9.30. The maximum Gasteiger partial charge on any atom is 0.225 e. The smallest absolute Gasteiger partial charge is 0.225 e. The summed E-state index contributed by atoms with van der Waals surface area (Å²) in [6.07, 6.45) is 0.173. The molecule has 6 heteroatoms. The van der Waals surface area contributed by atoms with E-state index in [1.54, 1.807) is 31.2 Å². The molecule has 0 aliphatic rings. The van der Waals surface area contributed by atoms with Crippen molar-refractivity contribution in [1.29, 1.82) is 0 Å². The molecule has 3 aromatic rings. The number of sulfone groups is 1. The van der Waals surface area contributed by atoms with Gasteiger partial charge in [0.1, 0.15) is 0 Å². The average Bonchev–Trinajstić information content (AvgIpc) is 2.74. The minimum atomic E-state index is -3.24. The second-order valence-corrected chi connectivity index (χ2v) is 9.88. The summed E-state index contributed by atoms with van der Waals surface area (Å²) in [7, 11) is -3.24. The Kier molecular flexibility index (Phi) is 6.87. The lowest BCUT2D eigenvalue weighted by molar-refractivity contribution is -0.120. The lowest BCUT2D eigenvalue weighted by atomic mass is 9.98. The zero-order valence-corrected chi connectivity index (χ0v) is 18.4. The van der Waals surface area contributed by atoms with E-state index in [-0.39, 0.29) is 29.0 Å². The molecule has 0 aliphatic carbocycles. The first-order chi connectivity index (χ1) is 13.9. The molecule has 0 aromatic heterocycles. The number of rotatable bonds is 7. The average molecular weight is 472 g/mol. The van der Waals surface area contributed by atoms with Crippen LogP contribution in [0.2, 0.25) is 0 Å². The van der Waals surface area contributed by atoms with Crippen molar-refractivity contribution in [2.24, 2.45) is 0 Å².